The Morgan fingerprint density at radius 2 is 1.79 bits per heavy atom. The van der Waals surface area contributed by atoms with E-state index in [0.717, 1.165) is 16.3 Å². The molecule has 2 aromatic carbocycles. The smallest absolute Gasteiger partial charge is 0.298 e. The van der Waals surface area contributed by atoms with Crippen LogP contribution in [0.2, 0.25) is 0 Å². The van der Waals surface area contributed by atoms with Gasteiger partial charge >= 0.3 is 0 Å². The van der Waals surface area contributed by atoms with Crippen LogP contribution < -0.4 is 4.74 Å². The lowest BCUT2D eigenvalue weighted by molar-refractivity contribution is -0.120. The molecule has 70 valence electrons. The molecule has 0 aliphatic heterocycles. The third-order valence-electron chi connectivity index (χ3n) is 2.22. The molecule has 0 unspecified atom stereocenters. The summed E-state index contributed by atoms with van der Waals surface area (Å²) in [6, 6.07) is 11.9. The van der Waals surface area contributed by atoms with Crippen molar-refractivity contribution in [2.45, 2.75) is 6.92 Å². The topological polar surface area (TPSA) is 26.3 Å². The fourth-order valence-electron chi connectivity index (χ4n) is 1.51. The maximum Gasteiger partial charge on any atom is 0.298 e. The largest absolute Gasteiger partial charge is 0.428 e. The highest BCUT2D eigenvalue weighted by Gasteiger charge is 2.01. The number of hydrogen-bond acceptors (Lipinski definition) is 2. The Balaban J connectivity index is 2.64. The van der Waals surface area contributed by atoms with Crippen molar-refractivity contribution < 1.29 is 9.53 Å². The Hall–Kier alpha value is -1.83. The average Bonchev–Trinajstić information content (AvgIpc) is 2.19. The minimum atomic E-state index is 0.455. The predicted molar refractivity (Wildman–Crippen MR) is 55.4 cm³/mol. The maximum atomic E-state index is 10.2. The van der Waals surface area contributed by atoms with Crippen molar-refractivity contribution in [1.29, 1.82) is 0 Å². The van der Waals surface area contributed by atoms with Gasteiger partial charge in [-0.3, -0.25) is 4.79 Å². The summed E-state index contributed by atoms with van der Waals surface area (Å²) in [4.78, 5) is 10.2. The fourth-order valence-corrected chi connectivity index (χ4v) is 1.51. The van der Waals surface area contributed by atoms with Crippen molar-refractivity contribution in [3.05, 3.63) is 42.0 Å². The minimum Gasteiger partial charge on any atom is -0.428 e. The molecule has 0 fully saturated rings. The molecule has 2 aromatic rings. The van der Waals surface area contributed by atoms with E-state index in [1.165, 1.54) is 0 Å². The third-order valence-corrected chi connectivity index (χ3v) is 2.22. The van der Waals surface area contributed by atoms with E-state index in [0.29, 0.717) is 12.2 Å². The average molecular weight is 186 g/mol. The number of benzene rings is 2. The summed E-state index contributed by atoms with van der Waals surface area (Å²) in [6.07, 6.45) is 0. The lowest BCUT2D eigenvalue weighted by atomic mass is 10.1. The molecule has 0 saturated heterocycles. The molecule has 0 aliphatic rings. The van der Waals surface area contributed by atoms with E-state index in [2.05, 4.69) is 0 Å². The van der Waals surface area contributed by atoms with Gasteiger partial charge in [0.05, 0.1) is 0 Å². The van der Waals surface area contributed by atoms with Gasteiger partial charge in [0, 0.05) is 0 Å². The normalized spacial score (nSPS) is 10.1. The molecule has 0 heterocycles. The highest BCUT2D eigenvalue weighted by molar-refractivity contribution is 5.85. The van der Waals surface area contributed by atoms with E-state index in [1.807, 2.05) is 43.3 Å². The molecule has 0 N–H and O–H groups in total. The summed E-state index contributed by atoms with van der Waals surface area (Å²) < 4.78 is 4.86. The first-order valence-electron chi connectivity index (χ1n) is 4.41. The summed E-state index contributed by atoms with van der Waals surface area (Å²) in [5, 5.41) is 2.23. The van der Waals surface area contributed by atoms with Crippen molar-refractivity contribution >= 4 is 17.2 Å². The molecule has 0 bridgehead atoms. The monoisotopic (exact) mass is 186 g/mol. The van der Waals surface area contributed by atoms with Crippen LogP contribution in [0.25, 0.3) is 10.8 Å². The van der Waals surface area contributed by atoms with Gasteiger partial charge in [0.1, 0.15) is 5.75 Å². The van der Waals surface area contributed by atoms with Crippen LogP contribution in [0.3, 0.4) is 0 Å². The summed E-state index contributed by atoms with van der Waals surface area (Å²) in [5.74, 6) is 0.624. The van der Waals surface area contributed by atoms with E-state index in [1.54, 1.807) is 0 Å². The van der Waals surface area contributed by atoms with E-state index in [-0.39, 0.29) is 0 Å². The van der Waals surface area contributed by atoms with Gasteiger partial charge in [-0.25, -0.2) is 0 Å². The second kappa shape index (κ2) is 3.50. The number of rotatable bonds is 2. The lowest BCUT2D eigenvalue weighted by Gasteiger charge is -2.04. The van der Waals surface area contributed by atoms with Crippen molar-refractivity contribution in [2.75, 3.05) is 0 Å². The molecular formula is C12H10O2. The van der Waals surface area contributed by atoms with Crippen LogP contribution in [-0.2, 0) is 4.79 Å². The number of ether oxygens (including phenoxy) is 1. The summed E-state index contributed by atoms with van der Waals surface area (Å²) in [6.45, 7) is 2.38. The van der Waals surface area contributed by atoms with Gasteiger partial charge < -0.3 is 4.74 Å². The molecule has 14 heavy (non-hydrogen) atoms. The van der Waals surface area contributed by atoms with Gasteiger partial charge in [-0.2, -0.15) is 0 Å². The first-order chi connectivity index (χ1) is 6.81. The van der Waals surface area contributed by atoms with E-state index >= 15 is 0 Å². The SMILES string of the molecule is Cc1cc2ccccc2cc1OC=O. The zero-order valence-corrected chi connectivity index (χ0v) is 7.86. The molecular weight excluding hydrogens is 176 g/mol. The summed E-state index contributed by atoms with van der Waals surface area (Å²) in [7, 11) is 0. The zero-order chi connectivity index (χ0) is 9.97. The first-order valence-corrected chi connectivity index (χ1v) is 4.41. The highest BCUT2D eigenvalue weighted by atomic mass is 16.5. The van der Waals surface area contributed by atoms with Gasteiger partial charge in [-0.15, -0.1) is 0 Å². The Morgan fingerprint density at radius 1 is 1.14 bits per heavy atom. The van der Waals surface area contributed by atoms with Crippen LogP contribution >= 0.6 is 0 Å². The van der Waals surface area contributed by atoms with Crippen molar-refractivity contribution in [3.63, 3.8) is 0 Å². The molecule has 0 aromatic heterocycles. The Labute approximate surface area is 82.1 Å². The molecule has 0 spiro atoms. The van der Waals surface area contributed by atoms with E-state index in [4.69, 9.17) is 4.74 Å². The number of carbonyl (C=O) groups is 1. The number of fused-ring (bicyclic) bond motifs is 1. The second-order valence-corrected chi connectivity index (χ2v) is 3.18. The zero-order valence-electron chi connectivity index (χ0n) is 7.86. The minimum absolute atomic E-state index is 0.455. The van der Waals surface area contributed by atoms with Gasteiger partial charge in [-0.05, 0) is 35.4 Å². The lowest BCUT2D eigenvalue weighted by Crippen LogP contribution is -1.91. The summed E-state index contributed by atoms with van der Waals surface area (Å²) >= 11 is 0. The molecule has 0 radical (unpaired) electrons. The summed E-state index contributed by atoms with van der Waals surface area (Å²) in [5.41, 5.74) is 0.968. The van der Waals surface area contributed by atoms with Crippen LogP contribution in [0.15, 0.2) is 36.4 Å². The predicted octanol–water partition coefficient (Wildman–Crippen LogP) is 2.68. The number of carbonyl (C=O) groups excluding carboxylic acids is 1. The highest BCUT2D eigenvalue weighted by Crippen LogP contribution is 2.24. The van der Waals surface area contributed by atoms with Crippen LogP contribution in [0.4, 0.5) is 0 Å². The Bertz CT molecular complexity index is 475. The quantitative estimate of drug-likeness (QED) is 0.674. The number of aryl methyl sites for hydroxylation is 1. The molecule has 0 aliphatic carbocycles. The fraction of sp³-hybridized carbons (Fsp3) is 0.0833. The standard InChI is InChI=1S/C12H10O2/c1-9-6-10-4-2-3-5-11(10)7-12(9)14-8-13/h2-8H,1H3. The van der Waals surface area contributed by atoms with Gasteiger partial charge in [-0.1, -0.05) is 24.3 Å². The molecule has 2 rings (SSSR count). The molecule has 0 atom stereocenters. The van der Waals surface area contributed by atoms with E-state index in [9.17, 15) is 4.79 Å². The third kappa shape index (κ3) is 1.46. The van der Waals surface area contributed by atoms with Crippen molar-refractivity contribution in [3.8, 4) is 5.75 Å². The molecule has 2 nitrogen and oxygen atoms in total. The molecule has 0 saturated carbocycles. The first kappa shape index (κ1) is 8.75. The van der Waals surface area contributed by atoms with Gasteiger partial charge in [0.25, 0.3) is 6.47 Å². The van der Waals surface area contributed by atoms with Crippen LogP contribution in [0, 0.1) is 6.92 Å². The van der Waals surface area contributed by atoms with Gasteiger partial charge in [0.2, 0.25) is 0 Å². The van der Waals surface area contributed by atoms with Crippen LogP contribution in [-0.4, -0.2) is 6.47 Å². The molecule has 2 heteroatoms. The maximum absolute atomic E-state index is 10.2. The van der Waals surface area contributed by atoms with Gasteiger partial charge in [0.15, 0.2) is 0 Å². The van der Waals surface area contributed by atoms with Crippen molar-refractivity contribution in [1.82, 2.24) is 0 Å². The molecule has 0 amide bonds. The number of hydrogen-bond donors (Lipinski definition) is 0. The van der Waals surface area contributed by atoms with E-state index < -0.39 is 0 Å². The van der Waals surface area contributed by atoms with Crippen LogP contribution in [0.5, 0.6) is 5.75 Å². The van der Waals surface area contributed by atoms with Crippen LogP contribution in [0.1, 0.15) is 5.56 Å². The Morgan fingerprint density at radius 3 is 2.43 bits per heavy atom. The Kier molecular flexibility index (Phi) is 2.19. The van der Waals surface area contributed by atoms with Crippen molar-refractivity contribution in [2.24, 2.45) is 0 Å². The second-order valence-electron chi connectivity index (χ2n) is 3.18.